The van der Waals surface area contributed by atoms with E-state index in [4.69, 9.17) is 4.52 Å². The molecule has 2 amide bonds. The summed E-state index contributed by atoms with van der Waals surface area (Å²) < 4.78 is 5.08. The van der Waals surface area contributed by atoms with Gasteiger partial charge in [0.15, 0.2) is 5.82 Å². The summed E-state index contributed by atoms with van der Waals surface area (Å²) in [7, 11) is 0. The van der Waals surface area contributed by atoms with Crippen molar-refractivity contribution < 1.29 is 9.32 Å². The number of aromatic nitrogens is 1. The summed E-state index contributed by atoms with van der Waals surface area (Å²) in [5.74, 6) is 1.26. The number of rotatable bonds is 6. The molecule has 0 aliphatic carbocycles. The van der Waals surface area contributed by atoms with Crippen LogP contribution < -0.4 is 5.32 Å². The van der Waals surface area contributed by atoms with Crippen LogP contribution in [0.3, 0.4) is 0 Å². The third-order valence-electron chi connectivity index (χ3n) is 3.51. The zero-order valence-electron chi connectivity index (χ0n) is 12.6. The molecule has 108 valence electrons. The summed E-state index contributed by atoms with van der Waals surface area (Å²) in [4.78, 5) is 14.2. The highest BCUT2D eigenvalue weighted by atomic mass is 16.5. The minimum atomic E-state index is -0.111. The Morgan fingerprint density at radius 1 is 1.32 bits per heavy atom. The van der Waals surface area contributed by atoms with Gasteiger partial charge in [0, 0.05) is 24.6 Å². The van der Waals surface area contributed by atoms with E-state index in [1.165, 1.54) is 0 Å². The molecule has 0 saturated carbocycles. The van der Waals surface area contributed by atoms with Gasteiger partial charge in [-0.25, -0.2) is 4.79 Å². The number of nitrogens with one attached hydrogen (secondary N) is 1. The molecule has 1 rings (SSSR count). The monoisotopic (exact) mass is 267 g/mol. The number of anilines is 1. The van der Waals surface area contributed by atoms with Crippen LogP contribution in [-0.2, 0) is 6.42 Å². The minimum Gasteiger partial charge on any atom is -0.359 e. The Kier molecular flexibility index (Phi) is 5.86. The molecule has 1 N–H and O–H groups in total. The van der Waals surface area contributed by atoms with Gasteiger partial charge in [-0.3, -0.25) is 5.32 Å². The quantitative estimate of drug-likeness (QED) is 0.855. The molecular weight excluding hydrogens is 242 g/mol. The maximum atomic E-state index is 12.3. The Bertz CT molecular complexity index is 393. The molecule has 0 fully saturated rings. The molecule has 0 saturated heterocycles. The molecule has 0 aliphatic rings. The van der Waals surface area contributed by atoms with E-state index in [1.807, 2.05) is 11.8 Å². The van der Waals surface area contributed by atoms with Crippen LogP contribution in [0.2, 0.25) is 0 Å². The third-order valence-corrected chi connectivity index (χ3v) is 3.51. The number of hydrogen-bond acceptors (Lipinski definition) is 3. The maximum Gasteiger partial charge on any atom is 0.323 e. The van der Waals surface area contributed by atoms with E-state index >= 15 is 0 Å². The second-order valence-corrected chi connectivity index (χ2v) is 4.88. The Hall–Kier alpha value is -1.52. The highest BCUT2D eigenvalue weighted by Gasteiger charge is 2.24. The van der Waals surface area contributed by atoms with E-state index < -0.39 is 0 Å². The van der Waals surface area contributed by atoms with E-state index in [-0.39, 0.29) is 18.1 Å². The van der Waals surface area contributed by atoms with Crippen LogP contribution in [0.4, 0.5) is 10.6 Å². The first kappa shape index (κ1) is 15.5. The number of nitrogens with zero attached hydrogens (tertiary/aromatic N) is 2. The fourth-order valence-corrected chi connectivity index (χ4v) is 1.94. The molecule has 5 heteroatoms. The molecule has 1 heterocycles. The summed E-state index contributed by atoms with van der Waals surface area (Å²) in [5, 5.41) is 6.66. The lowest BCUT2D eigenvalue weighted by Crippen LogP contribution is -2.46. The van der Waals surface area contributed by atoms with Crippen molar-refractivity contribution in [1.82, 2.24) is 10.1 Å². The van der Waals surface area contributed by atoms with Crippen molar-refractivity contribution in [3.8, 4) is 0 Å². The van der Waals surface area contributed by atoms with Crippen LogP contribution in [0, 0.1) is 0 Å². The molecule has 2 atom stereocenters. The fourth-order valence-electron chi connectivity index (χ4n) is 1.94. The smallest absolute Gasteiger partial charge is 0.323 e. The van der Waals surface area contributed by atoms with Gasteiger partial charge in [-0.15, -0.1) is 0 Å². The highest BCUT2D eigenvalue weighted by Crippen LogP contribution is 2.15. The summed E-state index contributed by atoms with van der Waals surface area (Å²) in [6.07, 6.45) is 2.62. The predicted molar refractivity (Wildman–Crippen MR) is 76.2 cm³/mol. The molecule has 5 nitrogen and oxygen atoms in total. The Morgan fingerprint density at radius 2 is 1.89 bits per heavy atom. The van der Waals surface area contributed by atoms with Crippen molar-refractivity contribution in [3.63, 3.8) is 0 Å². The van der Waals surface area contributed by atoms with Crippen LogP contribution >= 0.6 is 0 Å². The number of urea groups is 1. The number of carbonyl (C=O) groups excluding carboxylic acids is 1. The number of hydrogen-bond donors (Lipinski definition) is 1. The Labute approximate surface area is 115 Å². The first-order valence-corrected chi connectivity index (χ1v) is 7.08. The van der Waals surface area contributed by atoms with Gasteiger partial charge in [0.1, 0.15) is 5.76 Å². The molecule has 1 aromatic rings. The van der Waals surface area contributed by atoms with Gasteiger partial charge >= 0.3 is 6.03 Å². The topological polar surface area (TPSA) is 58.4 Å². The second-order valence-electron chi connectivity index (χ2n) is 4.88. The molecule has 0 spiro atoms. The van der Waals surface area contributed by atoms with E-state index in [9.17, 15) is 4.79 Å². The zero-order valence-corrected chi connectivity index (χ0v) is 12.6. The summed E-state index contributed by atoms with van der Waals surface area (Å²) in [6, 6.07) is 2.06. The molecule has 0 aliphatic heterocycles. The molecule has 0 aromatic carbocycles. The van der Waals surface area contributed by atoms with Crippen LogP contribution in [0.25, 0.3) is 0 Å². The van der Waals surface area contributed by atoms with E-state index in [0.29, 0.717) is 5.82 Å². The molecular formula is C14H25N3O2. The third kappa shape index (κ3) is 3.98. The SMILES string of the molecule is CCc1cc(NC(=O)N(C(C)CC)C(C)CC)no1. The molecule has 0 radical (unpaired) electrons. The van der Waals surface area contributed by atoms with Gasteiger partial charge in [0.25, 0.3) is 0 Å². The van der Waals surface area contributed by atoms with Gasteiger partial charge < -0.3 is 9.42 Å². The van der Waals surface area contributed by atoms with Gasteiger partial charge in [-0.05, 0) is 26.7 Å². The highest BCUT2D eigenvalue weighted by molar-refractivity contribution is 5.88. The zero-order chi connectivity index (χ0) is 14.4. The van der Waals surface area contributed by atoms with Crippen molar-refractivity contribution in [2.24, 2.45) is 0 Å². The van der Waals surface area contributed by atoms with Crippen LogP contribution in [0.1, 0.15) is 53.2 Å². The second kappa shape index (κ2) is 7.16. The summed E-state index contributed by atoms with van der Waals surface area (Å²) in [6.45, 7) is 10.3. The predicted octanol–water partition coefficient (Wildman–Crippen LogP) is 3.67. The lowest BCUT2D eigenvalue weighted by atomic mass is 10.1. The van der Waals surface area contributed by atoms with Gasteiger partial charge in [-0.1, -0.05) is 25.9 Å². The van der Waals surface area contributed by atoms with Crippen molar-refractivity contribution in [2.75, 3.05) is 5.32 Å². The largest absolute Gasteiger partial charge is 0.359 e. The number of amides is 2. The Balaban J connectivity index is 2.76. The molecule has 1 aromatic heterocycles. The van der Waals surface area contributed by atoms with Crippen LogP contribution in [0.15, 0.2) is 10.6 Å². The number of carbonyl (C=O) groups is 1. The van der Waals surface area contributed by atoms with Crippen LogP contribution in [0.5, 0.6) is 0 Å². The average molecular weight is 267 g/mol. The molecule has 0 bridgehead atoms. The van der Waals surface area contributed by atoms with Crippen molar-refractivity contribution >= 4 is 11.8 Å². The van der Waals surface area contributed by atoms with Gasteiger partial charge in [-0.2, -0.15) is 0 Å². The summed E-state index contributed by atoms with van der Waals surface area (Å²) >= 11 is 0. The van der Waals surface area contributed by atoms with Gasteiger partial charge in [0.05, 0.1) is 0 Å². The van der Waals surface area contributed by atoms with Crippen molar-refractivity contribution in [1.29, 1.82) is 0 Å². The van der Waals surface area contributed by atoms with Crippen molar-refractivity contribution in [2.45, 2.75) is 66.0 Å². The molecule has 19 heavy (non-hydrogen) atoms. The van der Waals surface area contributed by atoms with E-state index in [1.54, 1.807) is 6.07 Å². The first-order chi connectivity index (χ1) is 9.03. The lowest BCUT2D eigenvalue weighted by molar-refractivity contribution is 0.162. The average Bonchev–Trinajstić information content (AvgIpc) is 2.85. The van der Waals surface area contributed by atoms with Crippen LogP contribution in [-0.4, -0.2) is 28.2 Å². The lowest BCUT2D eigenvalue weighted by Gasteiger charge is -2.33. The minimum absolute atomic E-state index is 0.111. The molecule has 2 unspecified atom stereocenters. The standard InChI is InChI=1S/C14H25N3O2/c1-6-10(4)17(11(5)7-2)14(18)15-13-9-12(8-3)19-16-13/h9-11H,6-8H2,1-5H3,(H,15,16,18). The van der Waals surface area contributed by atoms with Crippen molar-refractivity contribution in [3.05, 3.63) is 11.8 Å². The maximum absolute atomic E-state index is 12.3. The summed E-state index contributed by atoms with van der Waals surface area (Å²) in [5.41, 5.74) is 0. The van der Waals surface area contributed by atoms with E-state index in [2.05, 4.69) is 38.2 Å². The van der Waals surface area contributed by atoms with Gasteiger partial charge in [0.2, 0.25) is 0 Å². The number of aryl methyl sites for hydroxylation is 1. The fraction of sp³-hybridized carbons (Fsp3) is 0.714. The normalized spacial score (nSPS) is 13.9. The first-order valence-electron chi connectivity index (χ1n) is 7.08. The van der Waals surface area contributed by atoms with E-state index in [0.717, 1.165) is 25.0 Å². The Morgan fingerprint density at radius 3 is 2.32 bits per heavy atom.